The van der Waals surface area contributed by atoms with Crippen LogP contribution in [-0.2, 0) is 6.18 Å². The van der Waals surface area contributed by atoms with Gasteiger partial charge in [0.25, 0.3) is 0 Å². The summed E-state index contributed by atoms with van der Waals surface area (Å²) in [5.74, 6) is 2.62. The van der Waals surface area contributed by atoms with E-state index in [-0.39, 0.29) is 11.5 Å². The number of aromatic nitrogens is 3. The predicted molar refractivity (Wildman–Crippen MR) is 102 cm³/mol. The number of aryl methyl sites for hydroxylation is 1. The molecule has 0 aliphatic carbocycles. The Labute approximate surface area is 168 Å². The van der Waals surface area contributed by atoms with Crippen LogP contribution < -0.4 is 0 Å². The summed E-state index contributed by atoms with van der Waals surface area (Å²) >= 11 is 0. The highest BCUT2D eigenvalue weighted by molar-refractivity contribution is 5.20. The summed E-state index contributed by atoms with van der Waals surface area (Å²) in [4.78, 5) is 7.75. The standard InChI is InChI=1S/C7H8F3NO.C7H11NO.C6H9NO/c1-4(2)5-3-12-11-6(5)7(8,9)10;1-5(2)7-6(3)8-4-9-7;1-5(2)6-3-7-4-8-6/h3-4H,1-2H3;4-5H,1-3H3;3-5H,1-2H3. The molecule has 0 N–H and O–H groups in total. The average molecular weight is 415 g/mol. The Kier molecular flexibility index (Phi) is 9.13. The van der Waals surface area contributed by atoms with Crippen LogP contribution in [0.15, 0.2) is 38.6 Å². The van der Waals surface area contributed by atoms with E-state index in [0.717, 1.165) is 23.5 Å². The van der Waals surface area contributed by atoms with Crippen LogP contribution in [0.25, 0.3) is 0 Å². The molecule has 0 atom stereocenters. The predicted octanol–water partition coefficient (Wildman–Crippen LogP) is 6.72. The van der Waals surface area contributed by atoms with E-state index >= 15 is 0 Å². The Bertz CT molecular complexity index is 820. The Balaban J connectivity index is 0.000000223. The van der Waals surface area contributed by atoms with Crippen molar-refractivity contribution in [1.29, 1.82) is 0 Å². The second-order valence-corrected chi connectivity index (χ2v) is 7.29. The van der Waals surface area contributed by atoms with Gasteiger partial charge in [-0.15, -0.1) is 0 Å². The summed E-state index contributed by atoms with van der Waals surface area (Å²) in [6.07, 6.45) is 1.31. The third-order valence-corrected chi connectivity index (χ3v) is 3.82. The molecule has 6 nitrogen and oxygen atoms in total. The lowest BCUT2D eigenvalue weighted by atomic mass is 10.0. The van der Waals surface area contributed by atoms with Crippen molar-refractivity contribution in [2.75, 3.05) is 0 Å². The van der Waals surface area contributed by atoms with Gasteiger partial charge in [-0.1, -0.05) is 46.7 Å². The summed E-state index contributed by atoms with van der Waals surface area (Å²) < 4.78 is 50.7. The van der Waals surface area contributed by atoms with Crippen molar-refractivity contribution in [1.82, 2.24) is 15.1 Å². The summed E-state index contributed by atoms with van der Waals surface area (Å²) in [6, 6.07) is 0. The van der Waals surface area contributed by atoms with E-state index in [9.17, 15) is 13.2 Å². The molecule has 3 aromatic heterocycles. The van der Waals surface area contributed by atoms with E-state index in [1.165, 1.54) is 12.8 Å². The molecule has 3 aromatic rings. The first-order chi connectivity index (χ1) is 13.4. The van der Waals surface area contributed by atoms with Gasteiger partial charge in [0, 0.05) is 17.4 Å². The molecule has 0 bridgehead atoms. The Morgan fingerprint density at radius 1 is 0.897 bits per heavy atom. The molecular weight excluding hydrogens is 387 g/mol. The molecule has 0 fully saturated rings. The van der Waals surface area contributed by atoms with Gasteiger partial charge >= 0.3 is 6.18 Å². The van der Waals surface area contributed by atoms with E-state index in [1.807, 2.05) is 6.92 Å². The SMILES string of the molecule is CC(C)c1cnco1.CC(C)c1conc1C(F)(F)F.Cc1ncoc1C(C)C. The van der Waals surface area contributed by atoms with Crippen LogP contribution in [0.5, 0.6) is 0 Å². The topological polar surface area (TPSA) is 78.1 Å². The monoisotopic (exact) mass is 415 g/mol. The summed E-state index contributed by atoms with van der Waals surface area (Å²) in [5, 5.41) is 2.91. The lowest BCUT2D eigenvalue weighted by Gasteiger charge is -2.06. The fourth-order valence-electron chi connectivity index (χ4n) is 2.25. The van der Waals surface area contributed by atoms with Crippen LogP contribution in [0.2, 0.25) is 0 Å². The number of halogens is 3. The summed E-state index contributed by atoms with van der Waals surface area (Å²) in [6.45, 7) is 13.6. The van der Waals surface area contributed by atoms with Gasteiger partial charge in [-0.3, -0.25) is 0 Å². The third kappa shape index (κ3) is 7.75. The molecule has 0 aliphatic rings. The first kappa shape index (κ1) is 24.5. The minimum Gasteiger partial charge on any atom is -0.448 e. The van der Waals surface area contributed by atoms with Gasteiger partial charge in [-0.05, 0) is 12.8 Å². The van der Waals surface area contributed by atoms with Crippen molar-refractivity contribution < 1.29 is 26.5 Å². The number of alkyl halides is 3. The first-order valence-corrected chi connectivity index (χ1v) is 9.24. The molecule has 0 aliphatic heterocycles. The van der Waals surface area contributed by atoms with E-state index in [4.69, 9.17) is 8.83 Å². The maximum atomic E-state index is 12.1. The molecule has 0 saturated heterocycles. The Hall–Kier alpha value is -2.58. The maximum Gasteiger partial charge on any atom is 0.437 e. The normalized spacial score (nSPS) is 11.3. The molecule has 0 radical (unpaired) electrons. The fourth-order valence-corrected chi connectivity index (χ4v) is 2.25. The Morgan fingerprint density at radius 3 is 1.83 bits per heavy atom. The van der Waals surface area contributed by atoms with Crippen LogP contribution in [0, 0.1) is 6.92 Å². The number of rotatable bonds is 3. The van der Waals surface area contributed by atoms with Gasteiger partial charge in [0.2, 0.25) is 0 Å². The molecule has 29 heavy (non-hydrogen) atoms. The molecule has 0 saturated carbocycles. The van der Waals surface area contributed by atoms with Crippen molar-refractivity contribution in [2.24, 2.45) is 0 Å². The van der Waals surface area contributed by atoms with Gasteiger partial charge in [-0.2, -0.15) is 13.2 Å². The highest BCUT2D eigenvalue weighted by Crippen LogP contribution is 2.33. The van der Waals surface area contributed by atoms with Gasteiger partial charge < -0.3 is 13.4 Å². The molecule has 9 heteroatoms. The fraction of sp³-hybridized carbons (Fsp3) is 0.550. The number of oxazole rings is 2. The second kappa shape index (κ2) is 10.8. The van der Waals surface area contributed by atoms with E-state index in [2.05, 4.69) is 47.3 Å². The van der Waals surface area contributed by atoms with Gasteiger partial charge in [0.05, 0.1) is 11.9 Å². The molecule has 0 amide bonds. The molecular formula is C20H28F3N3O3. The minimum atomic E-state index is -4.41. The lowest BCUT2D eigenvalue weighted by Crippen LogP contribution is -2.09. The highest BCUT2D eigenvalue weighted by atomic mass is 19.4. The number of hydrogen-bond donors (Lipinski definition) is 0. The van der Waals surface area contributed by atoms with Gasteiger partial charge in [-0.25, -0.2) is 9.97 Å². The van der Waals surface area contributed by atoms with Crippen LogP contribution in [0.4, 0.5) is 13.2 Å². The van der Waals surface area contributed by atoms with E-state index in [1.54, 1.807) is 20.0 Å². The van der Waals surface area contributed by atoms with E-state index in [0.29, 0.717) is 11.8 Å². The van der Waals surface area contributed by atoms with Gasteiger partial charge in [0.15, 0.2) is 18.5 Å². The molecule has 0 unspecified atom stereocenters. The smallest absolute Gasteiger partial charge is 0.437 e. The Morgan fingerprint density at radius 2 is 1.55 bits per heavy atom. The van der Waals surface area contributed by atoms with Crippen molar-refractivity contribution >= 4 is 0 Å². The van der Waals surface area contributed by atoms with Crippen molar-refractivity contribution in [3.05, 3.63) is 53.7 Å². The minimum absolute atomic E-state index is 0.0995. The largest absolute Gasteiger partial charge is 0.448 e. The summed E-state index contributed by atoms with van der Waals surface area (Å²) in [5.41, 5.74) is 0.185. The number of nitrogens with zero attached hydrogens (tertiary/aromatic N) is 3. The van der Waals surface area contributed by atoms with Crippen molar-refractivity contribution in [3.63, 3.8) is 0 Å². The molecule has 0 spiro atoms. The van der Waals surface area contributed by atoms with Gasteiger partial charge in [0.1, 0.15) is 17.8 Å². The number of hydrogen-bond acceptors (Lipinski definition) is 6. The molecule has 3 rings (SSSR count). The van der Waals surface area contributed by atoms with Crippen LogP contribution in [0.3, 0.4) is 0 Å². The van der Waals surface area contributed by atoms with Crippen molar-refractivity contribution in [2.45, 2.75) is 72.4 Å². The highest BCUT2D eigenvalue weighted by Gasteiger charge is 2.37. The molecule has 162 valence electrons. The summed E-state index contributed by atoms with van der Waals surface area (Å²) in [7, 11) is 0. The maximum absolute atomic E-state index is 12.1. The zero-order valence-corrected chi connectivity index (χ0v) is 17.7. The molecule has 3 heterocycles. The molecule has 0 aromatic carbocycles. The quantitative estimate of drug-likeness (QED) is 0.472. The van der Waals surface area contributed by atoms with Crippen LogP contribution in [0.1, 0.15) is 87.8 Å². The van der Waals surface area contributed by atoms with E-state index < -0.39 is 11.9 Å². The third-order valence-electron chi connectivity index (χ3n) is 3.82. The van der Waals surface area contributed by atoms with Crippen molar-refractivity contribution in [3.8, 4) is 0 Å². The first-order valence-electron chi connectivity index (χ1n) is 9.24. The van der Waals surface area contributed by atoms with Crippen LogP contribution >= 0.6 is 0 Å². The van der Waals surface area contributed by atoms with Crippen LogP contribution in [-0.4, -0.2) is 15.1 Å². The zero-order valence-electron chi connectivity index (χ0n) is 17.7. The second-order valence-electron chi connectivity index (χ2n) is 7.29. The lowest BCUT2D eigenvalue weighted by molar-refractivity contribution is -0.143. The average Bonchev–Trinajstić information content (AvgIpc) is 3.36. The zero-order chi connectivity index (χ0) is 22.2.